The fourth-order valence-corrected chi connectivity index (χ4v) is 4.63. The quantitative estimate of drug-likeness (QED) is 0.906. The number of aromatic carboxylic acids is 1. The van der Waals surface area contributed by atoms with Gasteiger partial charge in [0, 0.05) is 31.3 Å². The Kier molecular flexibility index (Phi) is 4.18. The minimum atomic E-state index is -3.15. The van der Waals surface area contributed by atoms with Crippen LogP contribution in [0.25, 0.3) is 11.3 Å². The molecule has 0 aliphatic carbocycles. The van der Waals surface area contributed by atoms with Gasteiger partial charge in [-0.2, -0.15) is 9.40 Å². The van der Waals surface area contributed by atoms with Crippen LogP contribution in [0.15, 0.2) is 24.3 Å². The standard InChI is InChI=1S/C16H19N3O4S/c1-11-14(16(20)21)17-18(2)15(11)13-6-3-5-12(9-13)10-19-7-4-8-24(19,22)23/h3,5-6,9H,4,7-8,10H2,1-2H3,(H,20,21). The SMILES string of the molecule is Cc1c(C(=O)O)nn(C)c1-c1cccc(CN2CCCS2(=O)=O)c1. The van der Waals surface area contributed by atoms with Crippen molar-refractivity contribution in [3.8, 4) is 11.3 Å². The molecule has 0 bridgehead atoms. The van der Waals surface area contributed by atoms with Crippen molar-refractivity contribution in [2.45, 2.75) is 19.9 Å². The maximum Gasteiger partial charge on any atom is 0.356 e. The van der Waals surface area contributed by atoms with Crippen molar-refractivity contribution >= 4 is 16.0 Å². The van der Waals surface area contributed by atoms with Crippen molar-refractivity contribution < 1.29 is 18.3 Å². The lowest BCUT2D eigenvalue weighted by Crippen LogP contribution is -2.25. The van der Waals surface area contributed by atoms with Gasteiger partial charge in [-0.15, -0.1) is 0 Å². The third-order valence-corrected chi connectivity index (χ3v) is 6.15. The van der Waals surface area contributed by atoms with Crippen LogP contribution in [-0.4, -0.2) is 45.9 Å². The summed E-state index contributed by atoms with van der Waals surface area (Å²) in [4.78, 5) is 11.2. The predicted octanol–water partition coefficient (Wildman–Crippen LogP) is 1.63. The Balaban J connectivity index is 1.96. The maximum atomic E-state index is 12.0. The molecule has 8 heteroatoms. The normalized spacial score (nSPS) is 17.2. The second-order valence-electron chi connectivity index (χ2n) is 5.95. The molecule has 1 aliphatic rings. The maximum absolute atomic E-state index is 12.0. The number of sulfonamides is 1. The van der Waals surface area contributed by atoms with Gasteiger partial charge in [0.25, 0.3) is 0 Å². The van der Waals surface area contributed by atoms with Gasteiger partial charge in [0.15, 0.2) is 5.69 Å². The summed E-state index contributed by atoms with van der Waals surface area (Å²) in [7, 11) is -1.45. The van der Waals surface area contributed by atoms with Crippen molar-refractivity contribution in [3.05, 3.63) is 41.1 Å². The number of aryl methyl sites for hydroxylation is 1. The van der Waals surface area contributed by atoms with Gasteiger partial charge in [-0.3, -0.25) is 4.68 Å². The van der Waals surface area contributed by atoms with Gasteiger partial charge in [0.05, 0.1) is 11.4 Å². The van der Waals surface area contributed by atoms with E-state index in [2.05, 4.69) is 5.10 Å². The number of nitrogens with zero attached hydrogens (tertiary/aromatic N) is 3. The van der Waals surface area contributed by atoms with Crippen molar-refractivity contribution in [2.75, 3.05) is 12.3 Å². The molecule has 2 heterocycles. The van der Waals surface area contributed by atoms with Gasteiger partial charge in [0.2, 0.25) is 10.0 Å². The molecule has 1 N–H and O–H groups in total. The Morgan fingerprint density at radius 3 is 2.71 bits per heavy atom. The molecule has 0 radical (unpaired) electrons. The Bertz CT molecular complexity index is 902. The zero-order valence-corrected chi connectivity index (χ0v) is 14.4. The molecule has 3 rings (SSSR count). The molecule has 1 aromatic heterocycles. The van der Waals surface area contributed by atoms with Crippen LogP contribution >= 0.6 is 0 Å². The van der Waals surface area contributed by atoms with Crippen LogP contribution in [0.5, 0.6) is 0 Å². The summed E-state index contributed by atoms with van der Waals surface area (Å²) >= 11 is 0. The number of carboxylic acids is 1. The first-order chi connectivity index (χ1) is 11.3. The van der Waals surface area contributed by atoms with Crippen LogP contribution < -0.4 is 0 Å². The first kappa shape index (κ1) is 16.7. The van der Waals surface area contributed by atoms with Crippen molar-refractivity contribution in [1.82, 2.24) is 14.1 Å². The number of benzene rings is 1. The molecule has 0 saturated carbocycles. The summed E-state index contributed by atoms with van der Waals surface area (Å²) in [5, 5.41) is 13.3. The lowest BCUT2D eigenvalue weighted by Gasteiger charge is -2.15. The monoisotopic (exact) mass is 349 g/mol. The van der Waals surface area contributed by atoms with Crippen LogP contribution in [0.4, 0.5) is 0 Å². The highest BCUT2D eigenvalue weighted by atomic mass is 32.2. The fourth-order valence-electron chi connectivity index (χ4n) is 3.13. The average molecular weight is 349 g/mol. The number of hydrogen-bond donors (Lipinski definition) is 1. The van der Waals surface area contributed by atoms with E-state index in [-0.39, 0.29) is 11.4 Å². The summed E-state index contributed by atoms with van der Waals surface area (Å²) < 4.78 is 26.9. The number of carboxylic acid groups (broad SMARTS) is 1. The minimum absolute atomic E-state index is 0.0278. The highest BCUT2D eigenvalue weighted by molar-refractivity contribution is 7.89. The van der Waals surface area contributed by atoms with Gasteiger partial charge >= 0.3 is 5.97 Å². The first-order valence-electron chi connectivity index (χ1n) is 7.63. The summed E-state index contributed by atoms with van der Waals surface area (Å²) in [6.45, 7) is 2.60. The van der Waals surface area contributed by atoms with Crippen LogP contribution in [0.1, 0.15) is 28.0 Å². The smallest absolute Gasteiger partial charge is 0.356 e. The molecule has 0 spiro atoms. The van der Waals surface area contributed by atoms with Crippen LogP contribution in [0, 0.1) is 6.92 Å². The van der Waals surface area contributed by atoms with E-state index in [1.54, 1.807) is 18.7 Å². The van der Waals surface area contributed by atoms with Crippen LogP contribution in [0.2, 0.25) is 0 Å². The van der Waals surface area contributed by atoms with E-state index in [1.165, 1.54) is 4.31 Å². The van der Waals surface area contributed by atoms with Gasteiger partial charge in [-0.25, -0.2) is 13.2 Å². The molecule has 7 nitrogen and oxygen atoms in total. The number of hydrogen-bond acceptors (Lipinski definition) is 4. The van der Waals surface area contributed by atoms with Gasteiger partial charge in [-0.05, 0) is 25.0 Å². The van der Waals surface area contributed by atoms with E-state index in [4.69, 9.17) is 0 Å². The van der Waals surface area contributed by atoms with E-state index >= 15 is 0 Å². The molecule has 1 aliphatic heterocycles. The zero-order valence-electron chi connectivity index (χ0n) is 13.6. The molecule has 24 heavy (non-hydrogen) atoms. The molecule has 1 fully saturated rings. The summed E-state index contributed by atoms with van der Waals surface area (Å²) in [5.41, 5.74) is 3.04. The topological polar surface area (TPSA) is 92.5 Å². The minimum Gasteiger partial charge on any atom is -0.476 e. The summed E-state index contributed by atoms with van der Waals surface area (Å²) in [5.74, 6) is -0.858. The molecular formula is C16H19N3O4S. The lowest BCUT2D eigenvalue weighted by atomic mass is 10.0. The van der Waals surface area contributed by atoms with Gasteiger partial charge in [-0.1, -0.05) is 18.2 Å². The predicted molar refractivity (Wildman–Crippen MR) is 89.2 cm³/mol. The zero-order chi connectivity index (χ0) is 17.5. The van der Waals surface area contributed by atoms with E-state index in [1.807, 2.05) is 24.3 Å². The first-order valence-corrected chi connectivity index (χ1v) is 9.24. The molecule has 128 valence electrons. The lowest BCUT2D eigenvalue weighted by molar-refractivity contribution is 0.0689. The molecular weight excluding hydrogens is 330 g/mol. The Hall–Kier alpha value is -2.19. The van der Waals surface area contributed by atoms with Gasteiger partial charge < -0.3 is 5.11 Å². The summed E-state index contributed by atoms with van der Waals surface area (Å²) in [6.07, 6.45) is 0.658. The second-order valence-corrected chi connectivity index (χ2v) is 8.04. The highest BCUT2D eigenvalue weighted by Crippen LogP contribution is 2.27. The van der Waals surface area contributed by atoms with Crippen LogP contribution in [-0.2, 0) is 23.6 Å². The summed E-state index contributed by atoms with van der Waals surface area (Å²) in [6, 6.07) is 7.49. The third kappa shape index (κ3) is 2.94. The Labute approximate surface area is 140 Å². The van der Waals surface area contributed by atoms with E-state index < -0.39 is 16.0 Å². The number of carbonyl (C=O) groups is 1. The average Bonchev–Trinajstić information content (AvgIpc) is 2.99. The molecule has 0 amide bonds. The van der Waals surface area contributed by atoms with E-state index in [9.17, 15) is 18.3 Å². The molecule has 0 unspecified atom stereocenters. The highest BCUT2D eigenvalue weighted by Gasteiger charge is 2.28. The second kappa shape index (κ2) is 6.03. The Morgan fingerprint density at radius 1 is 1.38 bits per heavy atom. The molecule has 1 saturated heterocycles. The molecule has 0 atom stereocenters. The van der Waals surface area contributed by atoms with Crippen molar-refractivity contribution in [3.63, 3.8) is 0 Å². The van der Waals surface area contributed by atoms with Crippen molar-refractivity contribution in [2.24, 2.45) is 7.05 Å². The van der Waals surface area contributed by atoms with E-state index in [0.717, 1.165) is 16.8 Å². The fraction of sp³-hybridized carbons (Fsp3) is 0.375. The molecule has 2 aromatic rings. The van der Waals surface area contributed by atoms with Crippen molar-refractivity contribution in [1.29, 1.82) is 0 Å². The van der Waals surface area contributed by atoms with Crippen LogP contribution in [0.3, 0.4) is 0 Å². The van der Waals surface area contributed by atoms with Gasteiger partial charge in [0.1, 0.15) is 0 Å². The number of rotatable bonds is 4. The molecule has 1 aromatic carbocycles. The number of aromatic nitrogens is 2. The third-order valence-electron chi connectivity index (χ3n) is 4.25. The largest absolute Gasteiger partial charge is 0.476 e. The Morgan fingerprint density at radius 2 is 2.12 bits per heavy atom. The van der Waals surface area contributed by atoms with E-state index in [0.29, 0.717) is 25.1 Å².